The van der Waals surface area contributed by atoms with Gasteiger partial charge in [-0.2, -0.15) is 5.26 Å². The van der Waals surface area contributed by atoms with Crippen LogP contribution in [0.4, 0.5) is 0 Å². The lowest BCUT2D eigenvalue weighted by molar-refractivity contribution is 0.0702. The van der Waals surface area contributed by atoms with Crippen LogP contribution in [0, 0.1) is 11.3 Å². The molecule has 5 nitrogen and oxygen atoms in total. The number of hydrogen-bond donors (Lipinski definition) is 1. The second-order valence-corrected chi connectivity index (χ2v) is 6.83. The van der Waals surface area contributed by atoms with Gasteiger partial charge in [0.2, 0.25) is 0 Å². The van der Waals surface area contributed by atoms with Crippen molar-refractivity contribution >= 4 is 28.2 Å². The summed E-state index contributed by atoms with van der Waals surface area (Å²) in [5.74, 6) is -0.980. The minimum atomic E-state index is -0.980. The summed E-state index contributed by atoms with van der Waals surface area (Å²) in [7, 11) is 0. The molecule has 23 heavy (non-hydrogen) atoms. The molecule has 0 amide bonds. The lowest BCUT2D eigenvalue weighted by atomic mass is 10.1. The molecule has 2 aromatic heterocycles. The molecule has 1 unspecified atom stereocenters. The molecule has 3 aromatic rings. The summed E-state index contributed by atoms with van der Waals surface area (Å²) in [6.45, 7) is 2.17. The van der Waals surface area contributed by atoms with Crippen molar-refractivity contribution < 1.29 is 9.90 Å². The zero-order chi connectivity index (χ0) is 16.1. The van der Waals surface area contributed by atoms with Crippen molar-refractivity contribution in [1.82, 2.24) is 9.55 Å². The van der Waals surface area contributed by atoms with Gasteiger partial charge in [-0.15, -0.1) is 11.3 Å². The molecule has 0 radical (unpaired) electrons. The van der Waals surface area contributed by atoms with E-state index in [-0.39, 0.29) is 4.88 Å². The Hall–Kier alpha value is -2.65. The van der Waals surface area contributed by atoms with Crippen molar-refractivity contribution in [1.29, 1.82) is 5.26 Å². The average molecular weight is 323 g/mol. The van der Waals surface area contributed by atoms with Crippen LogP contribution in [0.25, 0.3) is 21.5 Å². The average Bonchev–Trinajstić information content (AvgIpc) is 3.22. The van der Waals surface area contributed by atoms with E-state index in [1.165, 1.54) is 11.9 Å². The second kappa shape index (κ2) is 4.93. The first-order chi connectivity index (χ1) is 11.1. The van der Waals surface area contributed by atoms with Gasteiger partial charge in [0.1, 0.15) is 16.0 Å². The number of fused-ring (bicyclic) bond motifs is 3. The molecule has 0 bridgehead atoms. The summed E-state index contributed by atoms with van der Waals surface area (Å²) in [5.41, 5.74) is 3.64. The molecule has 1 aliphatic rings. The number of carboxylic acid groups (broad SMARTS) is 1. The number of nitriles is 1. The zero-order valence-corrected chi connectivity index (χ0v) is 13.2. The van der Waals surface area contributed by atoms with Crippen molar-refractivity contribution in [2.75, 3.05) is 0 Å². The van der Waals surface area contributed by atoms with E-state index in [1.54, 1.807) is 0 Å². The topological polar surface area (TPSA) is 78.9 Å². The number of thiazole rings is 1. The van der Waals surface area contributed by atoms with Gasteiger partial charge in [-0.1, -0.05) is 0 Å². The molecule has 114 valence electrons. The van der Waals surface area contributed by atoms with Gasteiger partial charge in [-0.25, -0.2) is 9.78 Å². The van der Waals surface area contributed by atoms with Gasteiger partial charge < -0.3 is 9.67 Å². The van der Waals surface area contributed by atoms with Crippen LogP contribution in [0.15, 0.2) is 24.4 Å². The molecule has 0 saturated heterocycles. The minimum Gasteiger partial charge on any atom is -0.477 e. The molecule has 0 saturated carbocycles. The first-order valence-corrected chi connectivity index (χ1v) is 8.17. The van der Waals surface area contributed by atoms with Gasteiger partial charge >= 0.3 is 5.97 Å². The van der Waals surface area contributed by atoms with Gasteiger partial charge in [0.25, 0.3) is 0 Å². The molecule has 3 heterocycles. The van der Waals surface area contributed by atoms with E-state index in [9.17, 15) is 10.1 Å². The Labute approximate surface area is 136 Å². The monoisotopic (exact) mass is 323 g/mol. The van der Waals surface area contributed by atoms with E-state index >= 15 is 0 Å². The van der Waals surface area contributed by atoms with Gasteiger partial charge in [0.05, 0.1) is 17.3 Å². The highest BCUT2D eigenvalue weighted by atomic mass is 32.1. The zero-order valence-electron chi connectivity index (χ0n) is 12.4. The summed E-state index contributed by atoms with van der Waals surface area (Å²) in [6, 6.07) is 8.63. The normalized spacial score (nSPS) is 16.4. The Morgan fingerprint density at radius 3 is 3.00 bits per heavy atom. The third-order valence-electron chi connectivity index (χ3n) is 4.35. The molecule has 1 aliphatic heterocycles. The predicted molar refractivity (Wildman–Crippen MR) is 87.8 cm³/mol. The Kier molecular flexibility index (Phi) is 3.00. The summed E-state index contributed by atoms with van der Waals surface area (Å²) in [6.07, 6.45) is 3.49. The van der Waals surface area contributed by atoms with Crippen LogP contribution in [0.2, 0.25) is 0 Å². The smallest absolute Gasteiger partial charge is 0.347 e. The molecule has 4 rings (SSSR count). The summed E-state index contributed by atoms with van der Waals surface area (Å²) in [5, 5.41) is 20.2. The quantitative estimate of drug-likeness (QED) is 0.777. The van der Waals surface area contributed by atoms with Crippen molar-refractivity contribution in [3.63, 3.8) is 0 Å². The number of aromatic carboxylic acids is 1. The molecule has 0 fully saturated rings. The van der Waals surface area contributed by atoms with E-state index in [4.69, 9.17) is 5.11 Å². The van der Waals surface area contributed by atoms with Gasteiger partial charge in [-0.05, 0) is 38.0 Å². The summed E-state index contributed by atoms with van der Waals surface area (Å²) >= 11 is 1.13. The second-order valence-electron chi connectivity index (χ2n) is 5.80. The number of carboxylic acids is 1. The SMILES string of the molecule is CC1CCc2cc3cc(-c4ncc(C(=O)O)s4)cc(C#N)c3n21. The maximum atomic E-state index is 11.0. The van der Waals surface area contributed by atoms with Crippen LogP contribution < -0.4 is 0 Å². The Morgan fingerprint density at radius 2 is 2.30 bits per heavy atom. The van der Waals surface area contributed by atoms with Gasteiger partial charge in [0, 0.05) is 22.7 Å². The van der Waals surface area contributed by atoms with E-state index in [0.29, 0.717) is 16.6 Å². The van der Waals surface area contributed by atoms with Crippen LogP contribution >= 0.6 is 11.3 Å². The number of nitrogens with zero attached hydrogens (tertiary/aromatic N) is 3. The fourth-order valence-electron chi connectivity index (χ4n) is 3.33. The van der Waals surface area contributed by atoms with Crippen LogP contribution in [0.5, 0.6) is 0 Å². The third kappa shape index (κ3) is 2.05. The lowest BCUT2D eigenvalue weighted by Gasteiger charge is -2.10. The van der Waals surface area contributed by atoms with Crippen molar-refractivity contribution in [2.45, 2.75) is 25.8 Å². The van der Waals surface area contributed by atoms with E-state index in [1.807, 2.05) is 12.1 Å². The van der Waals surface area contributed by atoms with Crippen molar-refractivity contribution in [2.24, 2.45) is 0 Å². The highest BCUT2D eigenvalue weighted by molar-refractivity contribution is 7.16. The van der Waals surface area contributed by atoms with Crippen LogP contribution in [0.3, 0.4) is 0 Å². The Balaban J connectivity index is 1.93. The summed E-state index contributed by atoms with van der Waals surface area (Å²) < 4.78 is 2.25. The summed E-state index contributed by atoms with van der Waals surface area (Å²) in [4.78, 5) is 15.4. The molecule has 1 N–H and O–H groups in total. The molecule has 0 aliphatic carbocycles. The highest BCUT2D eigenvalue weighted by Gasteiger charge is 2.23. The third-order valence-corrected chi connectivity index (χ3v) is 5.39. The van der Waals surface area contributed by atoms with E-state index in [0.717, 1.165) is 40.6 Å². The molecular weight excluding hydrogens is 310 g/mol. The first-order valence-electron chi connectivity index (χ1n) is 7.36. The lowest BCUT2D eigenvalue weighted by Crippen LogP contribution is -1.99. The number of rotatable bonds is 2. The molecule has 6 heteroatoms. The predicted octanol–water partition coefficient (Wildman–Crippen LogP) is 3.84. The fourth-order valence-corrected chi connectivity index (χ4v) is 4.07. The molecule has 1 atom stereocenters. The van der Waals surface area contributed by atoms with E-state index < -0.39 is 5.97 Å². The van der Waals surface area contributed by atoms with Gasteiger partial charge in [0.15, 0.2) is 0 Å². The number of hydrogen-bond acceptors (Lipinski definition) is 4. The Morgan fingerprint density at radius 1 is 1.48 bits per heavy atom. The standard InChI is InChI=1S/C17H13N3O2S/c1-9-2-3-13-6-10-4-11(5-12(7-18)15(10)20(9)13)16-19-8-14(23-16)17(21)22/h4-6,8-9H,2-3H2,1H3,(H,21,22). The highest BCUT2D eigenvalue weighted by Crippen LogP contribution is 2.37. The maximum Gasteiger partial charge on any atom is 0.347 e. The van der Waals surface area contributed by atoms with Crippen LogP contribution in [-0.4, -0.2) is 20.6 Å². The van der Waals surface area contributed by atoms with Crippen LogP contribution in [0.1, 0.15) is 40.3 Å². The number of benzene rings is 1. The van der Waals surface area contributed by atoms with Gasteiger partial charge in [-0.3, -0.25) is 0 Å². The number of aromatic nitrogens is 2. The Bertz CT molecular complexity index is 993. The first kappa shape index (κ1) is 14.0. The molecule has 1 aromatic carbocycles. The molecular formula is C17H13N3O2S. The minimum absolute atomic E-state index is 0.201. The van der Waals surface area contributed by atoms with E-state index in [2.05, 4.69) is 28.6 Å². The maximum absolute atomic E-state index is 11.0. The largest absolute Gasteiger partial charge is 0.477 e. The number of carbonyl (C=O) groups is 1. The fraction of sp³-hybridized carbons (Fsp3) is 0.235. The molecule has 0 spiro atoms. The van der Waals surface area contributed by atoms with Crippen LogP contribution in [-0.2, 0) is 6.42 Å². The van der Waals surface area contributed by atoms with Crippen molar-refractivity contribution in [3.05, 3.63) is 40.5 Å². The van der Waals surface area contributed by atoms with Crippen molar-refractivity contribution in [3.8, 4) is 16.6 Å². The number of aryl methyl sites for hydroxylation is 1.